The van der Waals surface area contributed by atoms with Crippen molar-refractivity contribution in [1.29, 1.82) is 0 Å². The second-order valence-electron chi connectivity index (χ2n) is 6.28. The van der Waals surface area contributed by atoms with Crippen molar-refractivity contribution in [3.63, 3.8) is 0 Å². The van der Waals surface area contributed by atoms with Gasteiger partial charge in [0.2, 0.25) is 0 Å². The minimum atomic E-state index is -0.0364. The van der Waals surface area contributed by atoms with Crippen molar-refractivity contribution >= 4 is 21.6 Å². The standard InChI is InChI=1S/C19H17N3OS/c1-3-10-22-17(14-6-4-5-9-20-14)21-18-16(19(22)23)13-8-7-12(2)11-15(13)24-18/h1,4-6,9,12H,7-8,10-11H2,2H3. The third-order valence-electron chi connectivity index (χ3n) is 4.56. The van der Waals surface area contributed by atoms with Gasteiger partial charge < -0.3 is 0 Å². The minimum absolute atomic E-state index is 0.0364. The van der Waals surface area contributed by atoms with E-state index in [1.165, 1.54) is 10.4 Å². The summed E-state index contributed by atoms with van der Waals surface area (Å²) >= 11 is 1.65. The molecule has 1 unspecified atom stereocenters. The number of aromatic nitrogens is 3. The van der Waals surface area contributed by atoms with E-state index in [1.54, 1.807) is 22.1 Å². The highest BCUT2D eigenvalue weighted by Crippen LogP contribution is 2.36. The van der Waals surface area contributed by atoms with Crippen LogP contribution in [0, 0.1) is 18.3 Å². The average molecular weight is 335 g/mol. The summed E-state index contributed by atoms with van der Waals surface area (Å²) in [6.07, 6.45) is 10.3. The van der Waals surface area contributed by atoms with Gasteiger partial charge in [-0.1, -0.05) is 18.9 Å². The van der Waals surface area contributed by atoms with E-state index in [0.29, 0.717) is 17.4 Å². The van der Waals surface area contributed by atoms with E-state index in [-0.39, 0.29) is 12.1 Å². The van der Waals surface area contributed by atoms with Crippen LogP contribution >= 0.6 is 11.3 Å². The fraction of sp³-hybridized carbons (Fsp3) is 0.316. The molecule has 24 heavy (non-hydrogen) atoms. The van der Waals surface area contributed by atoms with E-state index in [0.717, 1.165) is 29.5 Å². The molecular weight excluding hydrogens is 318 g/mol. The first-order chi connectivity index (χ1) is 11.7. The molecule has 1 aliphatic rings. The van der Waals surface area contributed by atoms with Gasteiger partial charge in [0, 0.05) is 11.1 Å². The Labute approximate surface area is 144 Å². The monoisotopic (exact) mass is 335 g/mol. The van der Waals surface area contributed by atoms with Gasteiger partial charge in [0.1, 0.15) is 10.5 Å². The van der Waals surface area contributed by atoms with Crippen molar-refractivity contribution < 1.29 is 0 Å². The van der Waals surface area contributed by atoms with Crippen LogP contribution in [0.1, 0.15) is 23.8 Å². The quantitative estimate of drug-likeness (QED) is 0.675. The lowest BCUT2D eigenvalue weighted by Crippen LogP contribution is -2.24. The van der Waals surface area contributed by atoms with Crippen LogP contribution in [-0.4, -0.2) is 14.5 Å². The highest BCUT2D eigenvalue weighted by atomic mass is 32.1. The topological polar surface area (TPSA) is 47.8 Å². The van der Waals surface area contributed by atoms with Gasteiger partial charge in [-0.3, -0.25) is 14.3 Å². The summed E-state index contributed by atoms with van der Waals surface area (Å²) in [4.78, 5) is 24.4. The molecule has 3 aromatic heterocycles. The predicted molar refractivity (Wildman–Crippen MR) is 97.1 cm³/mol. The fourth-order valence-electron chi connectivity index (χ4n) is 3.35. The van der Waals surface area contributed by atoms with Gasteiger partial charge in [0.15, 0.2) is 5.82 Å². The SMILES string of the molecule is C#CCn1c(-c2ccccn2)nc2sc3c(c2c1=O)CCC(C)C3. The molecule has 0 fully saturated rings. The smallest absolute Gasteiger partial charge is 0.263 e. The number of nitrogens with zero attached hydrogens (tertiary/aromatic N) is 3. The number of aryl methyl sites for hydroxylation is 1. The van der Waals surface area contributed by atoms with Crippen LogP contribution in [0.4, 0.5) is 0 Å². The Morgan fingerprint density at radius 3 is 3.08 bits per heavy atom. The zero-order valence-electron chi connectivity index (χ0n) is 13.5. The molecule has 0 aromatic carbocycles. The summed E-state index contributed by atoms with van der Waals surface area (Å²) in [5.74, 6) is 3.79. The van der Waals surface area contributed by atoms with E-state index in [4.69, 9.17) is 11.4 Å². The number of fused-ring (bicyclic) bond motifs is 3. The van der Waals surface area contributed by atoms with Crippen LogP contribution in [0.2, 0.25) is 0 Å². The summed E-state index contributed by atoms with van der Waals surface area (Å²) in [5.41, 5.74) is 1.82. The summed E-state index contributed by atoms with van der Waals surface area (Å²) in [5, 5.41) is 0.761. The number of hydrogen-bond acceptors (Lipinski definition) is 4. The molecule has 0 radical (unpaired) electrons. The molecular formula is C19H17N3OS. The van der Waals surface area contributed by atoms with Gasteiger partial charge in [-0.15, -0.1) is 17.8 Å². The highest BCUT2D eigenvalue weighted by molar-refractivity contribution is 7.18. The Morgan fingerprint density at radius 2 is 2.33 bits per heavy atom. The van der Waals surface area contributed by atoms with E-state index in [1.807, 2.05) is 18.2 Å². The summed E-state index contributed by atoms with van der Waals surface area (Å²) in [7, 11) is 0. The Morgan fingerprint density at radius 1 is 1.46 bits per heavy atom. The van der Waals surface area contributed by atoms with Crippen molar-refractivity contribution in [1.82, 2.24) is 14.5 Å². The first kappa shape index (κ1) is 15.1. The normalized spacial score (nSPS) is 16.8. The Hall–Kier alpha value is -2.45. The molecule has 0 aliphatic heterocycles. The molecule has 3 heterocycles. The van der Waals surface area contributed by atoms with Crippen molar-refractivity contribution in [2.24, 2.45) is 5.92 Å². The van der Waals surface area contributed by atoms with Gasteiger partial charge in [0.25, 0.3) is 5.56 Å². The van der Waals surface area contributed by atoms with Crippen molar-refractivity contribution in [3.8, 4) is 23.9 Å². The first-order valence-corrected chi connectivity index (χ1v) is 8.90. The molecule has 1 aliphatic carbocycles. The number of pyridine rings is 1. The van der Waals surface area contributed by atoms with E-state index in [2.05, 4.69) is 17.8 Å². The lowest BCUT2D eigenvalue weighted by Gasteiger charge is -2.17. The maximum Gasteiger partial charge on any atom is 0.263 e. The molecule has 120 valence electrons. The molecule has 0 saturated carbocycles. The van der Waals surface area contributed by atoms with Gasteiger partial charge in [-0.2, -0.15) is 0 Å². The molecule has 4 nitrogen and oxygen atoms in total. The number of terminal acetylenes is 1. The molecule has 0 spiro atoms. The zero-order valence-corrected chi connectivity index (χ0v) is 14.3. The largest absolute Gasteiger partial charge is 0.279 e. The minimum Gasteiger partial charge on any atom is -0.279 e. The van der Waals surface area contributed by atoms with Crippen molar-refractivity contribution in [3.05, 3.63) is 45.2 Å². The Balaban J connectivity index is 2.03. The first-order valence-electron chi connectivity index (χ1n) is 8.09. The van der Waals surface area contributed by atoms with Gasteiger partial charge in [0.05, 0.1) is 11.9 Å². The van der Waals surface area contributed by atoms with Crippen LogP contribution in [-0.2, 0) is 19.4 Å². The molecule has 4 rings (SSSR count). The van der Waals surface area contributed by atoms with E-state index >= 15 is 0 Å². The van der Waals surface area contributed by atoms with Crippen LogP contribution in [0.25, 0.3) is 21.7 Å². The third-order valence-corrected chi connectivity index (χ3v) is 5.71. The van der Waals surface area contributed by atoms with Crippen LogP contribution in [0.15, 0.2) is 29.2 Å². The molecule has 5 heteroatoms. The van der Waals surface area contributed by atoms with E-state index in [9.17, 15) is 4.79 Å². The summed E-state index contributed by atoms with van der Waals surface area (Å²) < 4.78 is 1.58. The van der Waals surface area contributed by atoms with E-state index < -0.39 is 0 Å². The fourth-order valence-corrected chi connectivity index (χ4v) is 4.73. The van der Waals surface area contributed by atoms with Crippen LogP contribution in [0.5, 0.6) is 0 Å². The summed E-state index contributed by atoms with van der Waals surface area (Å²) in [6, 6.07) is 5.59. The van der Waals surface area contributed by atoms with Gasteiger partial charge >= 0.3 is 0 Å². The number of rotatable bonds is 2. The molecule has 0 N–H and O–H groups in total. The van der Waals surface area contributed by atoms with Crippen LogP contribution < -0.4 is 5.56 Å². The number of thiophene rings is 1. The Bertz CT molecular complexity index is 1010. The maximum atomic E-state index is 13.1. The molecule has 0 bridgehead atoms. The third kappa shape index (κ3) is 2.35. The maximum absolute atomic E-state index is 13.1. The molecule has 0 saturated heterocycles. The van der Waals surface area contributed by atoms with Crippen molar-refractivity contribution in [2.75, 3.05) is 0 Å². The molecule has 1 atom stereocenters. The molecule has 0 amide bonds. The Kier molecular flexibility index (Phi) is 3.70. The lowest BCUT2D eigenvalue weighted by atomic mass is 9.89. The van der Waals surface area contributed by atoms with Gasteiger partial charge in [-0.25, -0.2) is 4.98 Å². The molecule has 3 aromatic rings. The second kappa shape index (κ2) is 5.88. The average Bonchev–Trinajstić information content (AvgIpc) is 2.95. The van der Waals surface area contributed by atoms with Crippen molar-refractivity contribution in [2.45, 2.75) is 32.7 Å². The predicted octanol–water partition coefficient (Wildman–Crippen LogP) is 3.28. The van der Waals surface area contributed by atoms with Gasteiger partial charge in [-0.05, 0) is 42.9 Å². The second-order valence-corrected chi connectivity index (χ2v) is 7.36. The summed E-state index contributed by atoms with van der Waals surface area (Å²) in [6.45, 7) is 2.46. The lowest BCUT2D eigenvalue weighted by molar-refractivity contribution is 0.509. The zero-order chi connectivity index (χ0) is 16.7. The highest BCUT2D eigenvalue weighted by Gasteiger charge is 2.24. The van der Waals surface area contributed by atoms with Crippen LogP contribution in [0.3, 0.4) is 0 Å². The number of hydrogen-bond donors (Lipinski definition) is 0.